The normalized spacial score (nSPS) is 19.7. The average Bonchev–Trinajstić information content (AvgIpc) is 3.00. The van der Waals surface area contributed by atoms with Crippen molar-refractivity contribution in [1.82, 2.24) is 25.4 Å². The number of aromatic amines is 1. The molecule has 2 N–H and O–H groups in total. The van der Waals surface area contributed by atoms with Gasteiger partial charge >= 0.3 is 6.18 Å². The smallest absolute Gasteiger partial charge is 0.383 e. The number of nitrogens with zero attached hydrogens (tertiary/aromatic N) is 3. The lowest BCUT2D eigenvalue weighted by molar-refractivity contribution is -0.144. The van der Waals surface area contributed by atoms with Gasteiger partial charge in [-0.3, -0.25) is 9.89 Å². The Morgan fingerprint density at radius 1 is 1.52 bits per heavy atom. The highest BCUT2D eigenvalue weighted by Crippen LogP contribution is 2.25. The summed E-state index contributed by atoms with van der Waals surface area (Å²) in [6.07, 6.45) is -2.92. The number of likely N-dealkylation sites (tertiary alicyclic amines) is 1. The molecule has 0 bridgehead atoms. The van der Waals surface area contributed by atoms with Gasteiger partial charge in [0, 0.05) is 20.2 Å². The van der Waals surface area contributed by atoms with Gasteiger partial charge in [0.1, 0.15) is 5.82 Å². The Labute approximate surface area is 131 Å². The molecule has 130 valence electrons. The van der Waals surface area contributed by atoms with Gasteiger partial charge in [-0.25, -0.2) is 4.98 Å². The Morgan fingerprint density at radius 2 is 2.30 bits per heavy atom. The Morgan fingerprint density at radius 3 is 2.96 bits per heavy atom. The van der Waals surface area contributed by atoms with E-state index < -0.39 is 12.0 Å². The third-order valence-corrected chi connectivity index (χ3v) is 3.70. The molecule has 1 atom stereocenters. The van der Waals surface area contributed by atoms with Crippen molar-refractivity contribution in [2.24, 2.45) is 5.92 Å². The van der Waals surface area contributed by atoms with Crippen LogP contribution < -0.4 is 5.32 Å². The number of carbonyl (C=O) groups excluding carboxylic acids is 1. The summed E-state index contributed by atoms with van der Waals surface area (Å²) in [7, 11) is 1.63. The van der Waals surface area contributed by atoms with Crippen LogP contribution in [0.2, 0.25) is 0 Å². The lowest BCUT2D eigenvalue weighted by Crippen LogP contribution is -2.43. The Hall–Kier alpha value is -1.68. The second kappa shape index (κ2) is 7.73. The number of carbonyl (C=O) groups is 1. The predicted octanol–water partition coefficient (Wildman–Crippen LogP) is 0.798. The minimum absolute atomic E-state index is 0.0160. The summed E-state index contributed by atoms with van der Waals surface area (Å²) in [5, 5.41) is 7.89. The minimum Gasteiger partial charge on any atom is -0.383 e. The lowest BCUT2D eigenvalue weighted by atomic mass is 9.97. The first-order valence-electron chi connectivity index (χ1n) is 7.37. The van der Waals surface area contributed by atoms with Crippen molar-refractivity contribution < 1.29 is 22.7 Å². The molecule has 23 heavy (non-hydrogen) atoms. The topological polar surface area (TPSA) is 83.1 Å². The van der Waals surface area contributed by atoms with Crippen LogP contribution in [0.25, 0.3) is 0 Å². The average molecular weight is 335 g/mol. The van der Waals surface area contributed by atoms with E-state index in [0.29, 0.717) is 13.2 Å². The van der Waals surface area contributed by atoms with E-state index in [2.05, 4.69) is 25.4 Å². The number of methoxy groups -OCH3 is 1. The molecule has 0 saturated carbocycles. The molecular formula is C13H20F3N5O2. The maximum atomic E-state index is 12.4. The van der Waals surface area contributed by atoms with Crippen molar-refractivity contribution in [2.75, 3.05) is 33.4 Å². The Bertz CT molecular complexity index is 520. The number of hydrogen-bond donors (Lipinski definition) is 2. The molecular weight excluding hydrogens is 315 g/mol. The van der Waals surface area contributed by atoms with E-state index in [1.807, 2.05) is 0 Å². The molecule has 1 aliphatic heterocycles. The molecule has 2 heterocycles. The number of amides is 1. The highest BCUT2D eigenvalue weighted by atomic mass is 19.4. The van der Waals surface area contributed by atoms with E-state index in [-0.39, 0.29) is 24.2 Å². The number of nitrogens with one attached hydrogen (secondary N) is 2. The molecule has 0 unspecified atom stereocenters. The summed E-state index contributed by atoms with van der Waals surface area (Å²) in [4.78, 5) is 17.6. The van der Waals surface area contributed by atoms with E-state index in [1.165, 1.54) is 0 Å². The lowest BCUT2D eigenvalue weighted by Gasteiger charge is -2.31. The van der Waals surface area contributed by atoms with Gasteiger partial charge in [-0.05, 0) is 19.4 Å². The second-order valence-corrected chi connectivity index (χ2v) is 5.45. The van der Waals surface area contributed by atoms with Crippen LogP contribution >= 0.6 is 0 Å². The van der Waals surface area contributed by atoms with Crippen LogP contribution in [-0.4, -0.2) is 59.3 Å². The van der Waals surface area contributed by atoms with Crippen LogP contribution in [0.4, 0.5) is 13.2 Å². The fourth-order valence-electron chi connectivity index (χ4n) is 2.51. The van der Waals surface area contributed by atoms with Crippen molar-refractivity contribution in [3.8, 4) is 0 Å². The van der Waals surface area contributed by atoms with Crippen molar-refractivity contribution in [2.45, 2.75) is 25.6 Å². The van der Waals surface area contributed by atoms with Gasteiger partial charge in [0.15, 0.2) is 0 Å². The summed E-state index contributed by atoms with van der Waals surface area (Å²) in [5.74, 6) is -1.61. The number of aromatic nitrogens is 3. The van der Waals surface area contributed by atoms with Crippen LogP contribution in [0.3, 0.4) is 0 Å². The number of ether oxygens (including phenoxy) is 1. The van der Waals surface area contributed by atoms with Gasteiger partial charge in [0.25, 0.3) is 5.82 Å². The third-order valence-electron chi connectivity index (χ3n) is 3.70. The number of H-pyrrole nitrogens is 1. The van der Waals surface area contributed by atoms with E-state index in [0.717, 1.165) is 25.9 Å². The number of rotatable bonds is 6. The fraction of sp³-hybridized carbons (Fsp3) is 0.769. The van der Waals surface area contributed by atoms with Gasteiger partial charge in [0.05, 0.1) is 19.1 Å². The molecule has 1 aromatic heterocycles. The first kappa shape index (κ1) is 17.7. The zero-order valence-corrected chi connectivity index (χ0v) is 12.8. The van der Waals surface area contributed by atoms with Gasteiger partial charge in [-0.15, -0.1) is 5.10 Å². The van der Waals surface area contributed by atoms with Crippen molar-refractivity contribution in [3.05, 3.63) is 11.6 Å². The first-order chi connectivity index (χ1) is 10.9. The van der Waals surface area contributed by atoms with Gasteiger partial charge < -0.3 is 15.0 Å². The Balaban J connectivity index is 1.81. The maximum Gasteiger partial charge on any atom is 0.453 e. The van der Waals surface area contributed by atoms with Crippen LogP contribution in [0.15, 0.2) is 0 Å². The predicted molar refractivity (Wildman–Crippen MR) is 74.3 cm³/mol. The summed E-state index contributed by atoms with van der Waals surface area (Å²) < 4.78 is 42.2. The van der Waals surface area contributed by atoms with Crippen LogP contribution in [0.5, 0.6) is 0 Å². The molecule has 0 aliphatic carbocycles. The highest BCUT2D eigenvalue weighted by Gasteiger charge is 2.36. The molecule has 10 heteroatoms. The summed E-state index contributed by atoms with van der Waals surface area (Å²) in [5.41, 5.74) is 0. The second-order valence-electron chi connectivity index (χ2n) is 5.45. The molecule has 1 amide bonds. The molecule has 2 rings (SSSR count). The van der Waals surface area contributed by atoms with E-state index in [1.54, 1.807) is 7.11 Å². The zero-order chi connectivity index (χ0) is 16.9. The molecule has 7 nitrogen and oxygen atoms in total. The van der Waals surface area contributed by atoms with Crippen LogP contribution in [0, 0.1) is 5.92 Å². The van der Waals surface area contributed by atoms with Crippen molar-refractivity contribution in [3.63, 3.8) is 0 Å². The summed E-state index contributed by atoms with van der Waals surface area (Å²) >= 11 is 0. The third kappa shape index (κ3) is 5.17. The minimum atomic E-state index is -4.59. The van der Waals surface area contributed by atoms with E-state index in [9.17, 15) is 18.0 Å². The van der Waals surface area contributed by atoms with Gasteiger partial charge in [-0.1, -0.05) is 0 Å². The molecule has 1 aliphatic rings. The Kier molecular flexibility index (Phi) is 5.94. The van der Waals surface area contributed by atoms with Gasteiger partial charge in [0.2, 0.25) is 5.91 Å². The van der Waals surface area contributed by atoms with Crippen molar-refractivity contribution >= 4 is 5.91 Å². The first-order valence-corrected chi connectivity index (χ1v) is 7.37. The maximum absolute atomic E-state index is 12.4. The quantitative estimate of drug-likeness (QED) is 0.803. The number of halogens is 3. The molecule has 1 saturated heterocycles. The highest BCUT2D eigenvalue weighted by molar-refractivity contribution is 5.78. The molecule has 0 aromatic carbocycles. The van der Waals surface area contributed by atoms with Gasteiger partial charge in [-0.2, -0.15) is 13.2 Å². The molecule has 0 radical (unpaired) electrons. The standard InChI is InChI=1S/C13H20F3N5O2/c1-23-6-5-21-4-2-3-9(8-21)11(22)17-7-10-18-12(20-19-10)13(14,15)16/h9H,2-8H2,1H3,(H,17,22)(H,18,19,20)/t9-/m0/s1. The number of hydrogen-bond acceptors (Lipinski definition) is 5. The van der Waals surface area contributed by atoms with Crippen LogP contribution in [0.1, 0.15) is 24.5 Å². The van der Waals surface area contributed by atoms with Crippen molar-refractivity contribution in [1.29, 1.82) is 0 Å². The molecule has 1 aromatic rings. The fourth-order valence-corrected chi connectivity index (χ4v) is 2.51. The molecule has 1 fully saturated rings. The zero-order valence-electron chi connectivity index (χ0n) is 12.8. The molecule has 0 spiro atoms. The largest absolute Gasteiger partial charge is 0.453 e. The SMILES string of the molecule is COCCN1CCC[C@H](C(=O)NCc2nc(C(F)(F)F)n[nH]2)C1. The monoisotopic (exact) mass is 335 g/mol. The number of alkyl halides is 3. The summed E-state index contributed by atoms with van der Waals surface area (Å²) in [6.45, 7) is 2.81. The number of piperidine rings is 1. The van der Waals surface area contributed by atoms with E-state index in [4.69, 9.17) is 4.74 Å². The van der Waals surface area contributed by atoms with E-state index >= 15 is 0 Å². The summed E-state index contributed by atoms with van der Waals surface area (Å²) in [6, 6.07) is 0. The van der Waals surface area contributed by atoms with Crippen LogP contribution in [-0.2, 0) is 22.3 Å².